The second-order valence-corrected chi connectivity index (χ2v) is 6.60. The molecule has 0 aromatic carbocycles. The van der Waals surface area contributed by atoms with Gasteiger partial charge in [-0.15, -0.1) is 0 Å². The van der Waals surface area contributed by atoms with Crippen LogP contribution in [0.5, 0.6) is 0 Å². The molecule has 2 rings (SSSR count). The molecule has 1 aliphatic rings. The average Bonchev–Trinajstić information content (AvgIpc) is 2.40. The minimum atomic E-state index is -0.501. The molecular weight excluding hydrogens is 295 g/mol. The number of carbonyl (C=O) groups excluding carboxylic acids is 1. The molecule has 0 unspecified atom stereocenters. The summed E-state index contributed by atoms with van der Waals surface area (Å²) in [6, 6.07) is 1.66. The van der Waals surface area contributed by atoms with Crippen LogP contribution in [0.1, 0.15) is 45.1 Å². The lowest BCUT2D eigenvalue weighted by molar-refractivity contribution is 0.0204. The summed E-state index contributed by atoms with van der Waals surface area (Å²) in [6.07, 6.45) is 2.59. The lowest BCUT2D eigenvalue weighted by atomic mass is 9.90. The zero-order valence-electron chi connectivity index (χ0n) is 12.5. The van der Waals surface area contributed by atoms with Crippen molar-refractivity contribution >= 4 is 17.7 Å². The average molecular weight is 315 g/mol. The summed E-state index contributed by atoms with van der Waals surface area (Å²) < 4.78 is 19.3. The number of likely N-dealkylation sites (tertiary alicyclic amines) is 1. The highest BCUT2D eigenvalue weighted by Gasteiger charge is 2.29. The van der Waals surface area contributed by atoms with Crippen molar-refractivity contribution in [1.29, 1.82) is 0 Å². The molecule has 0 atom stereocenters. The molecule has 21 heavy (non-hydrogen) atoms. The van der Waals surface area contributed by atoms with Gasteiger partial charge in [-0.05, 0) is 51.2 Å². The lowest BCUT2D eigenvalue weighted by Crippen LogP contribution is -2.41. The number of hydrogen-bond acceptors (Lipinski definition) is 3. The first-order valence-electron chi connectivity index (χ1n) is 7.06. The molecule has 116 valence electrons. The van der Waals surface area contributed by atoms with Gasteiger partial charge in [0.2, 0.25) is 0 Å². The van der Waals surface area contributed by atoms with E-state index in [2.05, 4.69) is 4.98 Å². The van der Waals surface area contributed by atoms with Crippen molar-refractivity contribution in [2.45, 2.75) is 45.1 Å². The molecule has 0 bridgehead atoms. The van der Waals surface area contributed by atoms with Crippen molar-refractivity contribution in [3.8, 4) is 0 Å². The third-order valence-corrected chi connectivity index (χ3v) is 3.73. The Balaban J connectivity index is 1.97. The second kappa shape index (κ2) is 6.18. The number of halogens is 2. The zero-order valence-corrected chi connectivity index (χ0v) is 13.3. The van der Waals surface area contributed by atoms with E-state index in [1.54, 1.807) is 11.0 Å². The standard InChI is InChI=1S/C15H20ClFN2O2/c1-15(2,3)21-14(20)19-8-5-10(6-9-19)11-4-7-18-13(16)12(11)17/h4,7,10H,5-6,8-9H2,1-3H3. The predicted molar refractivity (Wildman–Crippen MR) is 79.0 cm³/mol. The first-order chi connectivity index (χ1) is 9.78. The van der Waals surface area contributed by atoms with E-state index in [4.69, 9.17) is 16.3 Å². The summed E-state index contributed by atoms with van der Waals surface area (Å²) in [4.78, 5) is 17.4. The number of rotatable bonds is 1. The maximum atomic E-state index is 14.0. The highest BCUT2D eigenvalue weighted by molar-refractivity contribution is 6.29. The number of amides is 1. The molecule has 1 fully saturated rings. The van der Waals surface area contributed by atoms with Crippen LogP contribution in [0, 0.1) is 5.82 Å². The van der Waals surface area contributed by atoms with Crippen LogP contribution in [0.25, 0.3) is 0 Å². The number of nitrogens with zero attached hydrogens (tertiary/aromatic N) is 2. The Hall–Kier alpha value is -1.36. The minimum absolute atomic E-state index is 0.0594. The van der Waals surface area contributed by atoms with E-state index < -0.39 is 11.4 Å². The van der Waals surface area contributed by atoms with Crippen molar-refractivity contribution in [1.82, 2.24) is 9.88 Å². The second-order valence-electron chi connectivity index (χ2n) is 6.25. The highest BCUT2D eigenvalue weighted by atomic mass is 35.5. The molecule has 0 aliphatic carbocycles. The van der Waals surface area contributed by atoms with Gasteiger partial charge in [0.05, 0.1) is 0 Å². The fraction of sp³-hybridized carbons (Fsp3) is 0.600. The van der Waals surface area contributed by atoms with E-state index in [1.165, 1.54) is 6.20 Å². The maximum Gasteiger partial charge on any atom is 0.410 e. The predicted octanol–water partition coefficient (Wildman–Crippen LogP) is 3.99. The molecule has 0 radical (unpaired) electrons. The van der Waals surface area contributed by atoms with Crippen LogP contribution >= 0.6 is 11.6 Å². The Morgan fingerprint density at radius 1 is 1.43 bits per heavy atom. The van der Waals surface area contributed by atoms with Gasteiger partial charge >= 0.3 is 6.09 Å². The number of pyridine rings is 1. The van der Waals surface area contributed by atoms with Crippen LogP contribution in [-0.2, 0) is 4.74 Å². The van der Waals surface area contributed by atoms with E-state index in [9.17, 15) is 9.18 Å². The van der Waals surface area contributed by atoms with Gasteiger partial charge in [-0.3, -0.25) is 0 Å². The van der Waals surface area contributed by atoms with Crippen LogP contribution in [0.2, 0.25) is 5.15 Å². The van der Waals surface area contributed by atoms with Gasteiger partial charge in [-0.2, -0.15) is 0 Å². The van der Waals surface area contributed by atoms with Crippen LogP contribution in [0.3, 0.4) is 0 Å². The maximum absolute atomic E-state index is 14.0. The molecule has 1 aromatic heterocycles. The van der Waals surface area contributed by atoms with E-state index in [1.807, 2.05) is 20.8 Å². The van der Waals surface area contributed by atoms with Crippen molar-refractivity contribution in [3.05, 3.63) is 28.8 Å². The van der Waals surface area contributed by atoms with E-state index in [0.717, 1.165) is 0 Å². The van der Waals surface area contributed by atoms with Crippen LogP contribution in [0.15, 0.2) is 12.3 Å². The largest absolute Gasteiger partial charge is 0.444 e. The van der Waals surface area contributed by atoms with Crippen LogP contribution in [0.4, 0.5) is 9.18 Å². The normalized spacial score (nSPS) is 16.9. The zero-order chi connectivity index (χ0) is 15.6. The van der Waals surface area contributed by atoms with Crippen molar-refractivity contribution in [3.63, 3.8) is 0 Å². The summed E-state index contributed by atoms with van der Waals surface area (Å²) in [5.41, 5.74) is 0.0809. The molecule has 1 amide bonds. The van der Waals surface area contributed by atoms with Gasteiger partial charge in [-0.1, -0.05) is 11.6 Å². The topological polar surface area (TPSA) is 42.4 Å². The van der Waals surface area contributed by atoms with Crippen molar-refractivity contribution < 1.29 is 13.9 Å². The number of ether oxygens (including phenoxy) is 1. The SMILES string of the molecule is CC(C)(C)OC(=O)N1CCC(c2ccnc(Cl)c2F)CC1. The first kappa shape index (κ1) is 16.0. The Labute approximate surface area is 129 Å². The third kappa shape index (κ3) is 4.06. The van der Waals surface area contributed by atoms with Gasteiger partial charge in [0.15, 0.2) is 11.0 Å². The van der Waals surface area contributed by atoms with Gasteiger partial charge in [0.25, 0.3) is 0 Å². The van der Waals surface area contributed by atoms with Gasteiger partial charge < -0.3 is 9.64 Å². The van der Waals surface area contributed by atoms with Crippen molar-refractivity contribution in [2.75, 3.05) is 13.1 Å². The molecule has 0 saturated carbocycles. The van der Waals surface area contributed by atoms with Crippen LogP contribution in [-0.4, -0.2) is 34.7 Å². The van der Waals surface area contributed by atoms with Gasteiger partial charge in [0, 0.05) is 19.3 Å². The number of aromatic nitrogens is 1. The Morgan fingerprint density at radius 2 is 2.05 bits per heavy atom. The Bertz CT molecular complexity index is 523. The highest BCUT2D eigenvalue weighted by Crippen LogP contribution is 2.31. The Morgan fingerprint density at radius 3 is 2.62 bits per heavy atom. The molecule has 4 nitrogen and oxygen atoms in total. The number of carbonyl (C=O) groups is 1. The summed E-state index contributed by atoms with van der Waals surface area (Å²) in [6.45, 7) is 6.63. The summed E-state index contributed by atoms with van der Waals surface area (Å²) >= 11 is 5.71. The minimum Gasteiger partial charge on any atom is -0.444 e. The summed E-state index contributed by atoms with van der Waals surface area (Å²) in [7, 11) is 0. The van der Waals surface area contributed by atoms with E-state index in [-0.39, 0.29) is 17.2 Å². The summed E-state index contributed by atoms with van der Waals surface area (Å²) in [5, 5.41) is -0.0953. The molecule has 6 heteroatoms. The molecule has 1 aromatic rings. The Kier molecular flexibility index (Phi) is 4.71. The smallest absolute Gasteiger partial charge is 0.410 e. The first-order valence-corrected chi connectivity index (χ1v) is 7.43. The van der Waals surface area contributed by atoms with Crippen LogP contribution < -0.4 is 0 Å². The number of piperidine rings is 1. The quantitative estimate of drug-likeness (QED) is 0.736. The molecule has 1 aliphatic heterocycles. The lowest BCUT2D eigenvalue weighted by Gasteiger charge is -2.33. The van der Waals surface area contributed by atoms with Crippen molar-refractivity contribution in [2.24, 2.45) is 0 Å². The number of hydrogen-bond donors (Lipinski definition) is 0. The molecular formula is C15H20ClFN2O2. The summed E-state index contributed by atoms with van der Waals surface area (Å²) in [5.74, 6) is -0.390. The monoisotopic (exact) mass is 314 g/mol. The third-order valence-electron chi connectivity index (χ3n) is 3.46. The van der Waals surface area contributed by atoms with Gasteiger partial charge in [-0.25, -0.2) is 14.2 Å². The fourth-order valence-electron chi connectivity index (χ4n) is 2.45. The fourth-order valence-corrected chi connectivity index (χ4v) is 2.61. The van der Waals surface area contributed by atoms with Gasteiger partial charge in [0.1, 0.15) is 5.60 Å². The molecule has 1 saturated heterocycles. The molecule has 0 N–H and O–H groups in total. The van der Waals surface area contributed by atoms with E-state index in [0.29, 0.717) is 31.5 Å². The van der Waals surface area contributed by atoms with E-state index >= 15 is 0 Å². The molecule has 0 spiro atoms. The molecule has 2 heterocycles.